The Hall–Kier alpha value is -0.910. The van der Waals surface area contributed by atoms with Crippen LogP contribution in [0, 0.1) is 11.8 Å². The van der Waals surface area contributed by atoms with Gasteiger partial charge in [-0.25, -0.2) is 0 Å². The number of carboxylic acids is 1. The van der Waals surface area contributed by atoms with E-state index in [0.29, 0.717) is 6.42 Å². The zero-order chi connectivity index (χ0) is 15.8. The molecule has 0 rings (SSSR count). The van der Waals surface area contributed by atoms with Gasteiger partial charge in [-0.3, -0.25) is 14.2 Å². The minimum Gasteiger partial charge on any atom is -0.481 e. The fraction of sp³-hybridized carbons (Fsp3) is 0.833. The summed E-state index contributed by atoms with van der Waals surface area (Å²) in [5.41, 5.74) is 5.15. The van der Waals surface area contributed by atoms with Gasteiger partial charge in [0.1, 0.15) is 0 Å². The number of rotatable bonds is 10. The summed E-state index contributed by atoms with van der Waals surface area (Å²) in [6.07, 6.45) is 0.148. The van der Waals surface area contributed by atoms with Crippen LogP contribution >= 0.6 is 7.37 Å². The molecule has 118 valence electrons. The van der Waals surface area contributed by atoms with E-state index in [1.54, 1.807) is 6.92 Å². The first-order valence-corrected chi connectivity index (χ1v) is 8.65. The number of aliphatic carboxylic acids is 1. The van der Waals surface area contributed by atoms with Crippen LogP contribution in [0.25, 0.3) is 0 Å². The van der Waals surface area contributed by atoms with Crippen LogP contribution in [0.2, 0.25) is 0 Å². The number of carbonyl (C=O) groups is 2. The van der Waals surface area contributed by atoms with E-state index in [2.05, 4.69) is 5.32 Å². The van der Waals surface area contributed by atoms with Crippen molar-refractivity contribution in [2.24, 2.45) is 17.6 Å². The van der Waals surface area contributed by atoms with Gasteiger partial charge >= 0.3 is 5.97 Å². The van der Waals surface area contributed by atoms with Crippen molar-refractivity contribution in [1.29, 1.82) is 0 Å². The molecule has 0 saturated carbocycles. The highest BCUT2D eigenvalue weighted by Crippen LogP contribution is 2.48. The maximum atomic E-state index is 12.6. The Morgan fingerprint density at radius 1 is 1.40 bits per heavy atom. The summed E-state index contributed by atoms with van der Waals surface area (Å²) in [6.45, 7) is 5.47. The number of nitrogens with one attached hydrogen (secondary N) is 1. The van der Waals surface area contributed by atoms with Gasteiger partial charge in [-0.2, -0.15) is 0 Å². The van der Waals surface area contributed by atoms with E-state index in [1.165, 1.54) is 0 Å². The van der Waals surface area contributed by atoms with E-state index in [9.17, 15) is 19.3 Å². The Bertz CT molecular complexity index is 373. The molecule has 0 aromatic heterocycles. The monoisotopic (exact) mass is 308 g/mol. The van der Waals surface area contributed by atoms with Gasteiger partial charge in [-0.15, -0.1) is 0 Å². The SMILES string of the molecule is CCOP(=O)(CNC(=O)CN)CC(CC(C)C)C(=O)O. The summed E-state index contributed by atoms with van der Waals surface area (Å²) in [5, 5.41) is 11.6. The lowest BCUT2D eigenvalue weighted by atomic mass is 9.99. The van der Waals surface area contributed by atoms with Crippen LogP contribution in [0.1, 0.15) is 27.2 Å². The Morgan fingerprint density at radius 3 is 2.40 bits per heavy atom. The minimum atomic E-state index is -3.22. The van der Waals surface area contributed by atoms with Gasteiger partial charge in [0.2, 0.25) is 13.3 Å². The van der Waals surface area contributed by atoms with Crippen LogP contribution in [0.4, 0.5) is 0 Å². The van der Waals surface area contributed by atoms with Crippen molar-refractivity contribution in [2.75, 3.05) is 25.6 Å². The van der Waals surface area contributed by atoms with E-state index >= 15 is 0 Å². The molecule has 20 heavy (non-hydrogen) atoms. The standard InChI is InChI=1S/C12H25N2O5P/c1-4-19-20(18,8-14-11(15)6-13)7-10(12(16)17)5-9(2)3/h9-10H,4-8,13H2,1-3H3,(H,14,15)(H,16,17). The second-order valence-electron chi connectivity index (χ2n) is 5.04. The maximum absolute atomic E-state index is 12.6. The predicted octanol–water partition coefficient (Wildman–Crippen LogP) is 1.08. The molecule has 2 unspecified atom stereocenters. The third-order valence-corrected chi connectivity index (χ3v) is 5.04. The van der Waals surface area contributed by atoms with E-state index in [-0.39, 0.29) is 31.5 Å². The third-order valence-electron chi connectivity index (χ3n) is 2.67. The summed E-state index contributed by atoms with van der Waals surface area (Å²) in [5.74, 6) is -2.02. The maximum Gasteiger partial charge on any atom is 0.307 e. The van der Waals surface area contributed by atoms with E-state index in [0.717, 1.165) is 0 Å². The Balaban J connectivity index is 4.81. The van der Waals surface area contributed by atoms with Crippen molar-refractivity contribution in [3.05, 3.63) is 0 Å². The van der Waals surface area contributed by atoms with Crippen molar-refractivity contribution in [1.82, 2.24) is 5.32 Å². The van der Waals surface area contributed by atoms with E-state index in [4.69, 9.17) is 10.3 Å². The number of carboxylic acid groups (broad SMARTS) is 1. The molecule has 0 radical (unpaired) electrons. The first-order chi connectivity index (χ1) is 9.24. The molecule has 0 heterocycles. The highest BCUT2D eigenvalue weighted by Gasteiger charge is 2.32. The van der Waals surface area contributed by atoms with E-state index in [1.807, 2.05) is 13.8 Å². The lowest BCUT2D eigenvalue weighted by Crippen LogP contribution is -2.32. The molecule has 0 aliphatic carbocycles. The third kappa shape index (κ3) is 7.62. The summed E-state index contributed by atoms with van der Waals surface area (Å²) >= 11 is 0. The van der Waals surface area contributed by atoms with Gasteiger partial charge in [0, 0.05) is 6.16 Å². The Morgan fingerprint density at radius 2 is 2.00 bits per heavy atom. The van der Waals surface area contributed by atoms with Gasteiger partial charge in [-0.1, -0.05) is 13.8 Å². The van der Waals surface area contributed by atoms with Crippen molar-refractivity contribution >= 4 is 19.2 Å². The topological polar surface area (TPSA) is 119 Å². The van der Waals surface area contributed by atoms with Crippen LogP contribution in [-0.4, -0.2) is 42.6 Å². The average Bonchev–Trinajstić information content (AvgIpc) is 2.35. The highest BCUT2D eigenvalue weighted by atomic mass is 31.2. The first kappa shape index (κ1) is 19.1. The number of amides is 1. The highest BCUT2D eigenvalue weighted by molar-refractivity contribution is 7.59. The van der Waals surface area contributed by atoms with Crippen LogP contribution in [0.5, 0.6) is 0 Å². The molecule has 0 aromatic rings. The molecule has 2 atom stereocenters. The van der Waals surface area contributed by atoms with E-state index < -0.39 is 25.2 Å². The molecule has 0 spiro atoms. The molecular weight excluding hydrogens is 283 g/mol. The minimum absolute atomic E-state index is 0.0841. The van der Waals surface area contributed by atoms with Crippen LogP contribution in [-0.2, 0) is 18.7 Å². The summed E-state index contributed by atoms with van der Waals surface area (Å²) in [6, 6.07) is 0. The zero-order valence-electron chi connectivity index (χ0n) is 12.3. The molecule has 0 fully saturated rings. The molecule has 0 aliphatic rings. The predicted molar refractivity (Wildman–Crippen MR) is 76.7 cm³/mol. The van der Waals surface area contributed by atoms with Crippen LogP contribution in [0.3, 0.4) is 0 Å². The van der Waals surface area contributed by atoms with Gasteiger partial charge in [-0.05, 0) is 19.3 Å². The fourth-order valence-electron chi connectivity index (χ4n) is 1.84. The average molecular weight is 308 g/mol. The first-order valence-electron chi connectivity index (χ1n) is 6.66. The quantitative estimate of drug-likeness (QED) is 0.520. The summed E-state index contributed by atoms with van der Waals surface area (Å²) in [4.78, 5) is 22.4. The van der Waals surface area contributed by atoms with Crippen molar-refractivity contribution in [2.45, 2.75) is 27.2 Å². The Kier molecular flexibility index (Phi) is 8.69. The molecule has 0 aliphatic heterocycles. The number of carbonyl (C=O) groups excluding carboxylic acids is 1. The molecule has 0 saturated heterocycles. The summed E-state index contributed by atoms with van der Waals surface area (Å²) < 4.78 is 17.8. The van der Waals surface area contributed by atoms with Crippen LogP contribution < -0.4 is 11.1 Å². The zero-order valence-corrected chi connectivity index (χ0v) is 13.2. The number of hydrogen-bond donors (Lipinski definition) is 3. The molecular formula is C12H25N2O5P. The molecule has 8 heteroatoms. The lowest BCUT2D eigenvalue weighted by molar-refractivity contribution is -0.141. The molecule has 0 bridgehead atoms. The normalized spacial score (nSPS) is 15.7. The number of nitrogens with two attached hydrogens (primary N) is 1. The smallest absolute Gasteiger partial charge is 0.307 e. The van der Waals surface area contributed by atoms with Crippen molar-refractivity contribution in [3.8, 4) is 0 Å². The largest absolute Gasteiger partial charge is 0.481 e. The van der Waals surface area contributed by atoms with Gasteiger partial charge in [0.15, 0.2) is 0 Å². The molecule has 7 nitrogen and oxygen atoms in total. The van der Waals surface area contributed by atoms with Gasteiger partial charge < -0.3 is 20.7 Å². The van der Waals surface area contributed by atoms with Crippen molar-refractivity contribution in [3.63, 3.8) is 0 Å². The molecule has 0 aromatic carbocycles. The fourth-order valence-corrected chi connectivity index (χ4v) is 4.03. The summed E-state index contributed by atoms with van der Waals surface area (Å²) in [7, 11) is -3.22. The second-order valence-corrected chi connectivity index (χ2v) is 7.61. The molecule has 4 N–H and O–H groups in total. The Labute approximate surface area is 119 Å². The van der Waals surface area contributed by atoms with Gasteiger partial charge in [0.05, 0.1) is 25.4 Å². The van der Waals surface area contributed by atoms with Crippen molar-refractivity contribution < 1.29 is 23.8 Å². The van der Waals surface area contributed by atoms with Crippen LogP contribution in [0.15, 0.2) is 0 Å². The van der Waals surface area contributed by atoms with Gasteiger partial charge in [0.25, 0.3) is 0 Å². The lowest BCUT2D eigenvalue weighted by Gasteiger charge is -2.22. The number of hydrogen-bond acceptors (Lipinski definition) is 5. The molecule has 1 amide bonds. The second kappa shape index (κ2) is 9.10.